The maximum absolute atomic E-state index is 13.3. The van der Waals surface area contributed by atoms with Gasteiger partial charge in [0, 0.05) is 24.5 Å². The first-order valence-corrected chi connectivity index (χ1v) is 15.0. The molecule has 4 rings (SSSR count). The summed E-state index contributed by atoms with van der Waals surface area (Å²) in [6.45, 7) is 4.99. The number of nitrogens with zero attached hydrogens (tertiary/aromatic N) is 2. The number of fused-ring (bicyclic) bond motifs is 1. The number of sulfonamides is 1. The molecule has 13 heteroatoms. The fourth-order valence-corrected chi connectivity index (χ4v) is 8.33. The Labute approximate surface area is 218 Å². The lowest BCUT2D eigenvalue weighted by molar-refractivity contribution is -0.120. The molecule has 2 aliphatic rings. The number of ether oxygens (including phenoxy) is 2. The van der Waals surface area contributed by atoms with Gasteiger partial charge in [0.15, 0.2) is 0 Å². The number of amides is 2. The summed E-state index contributed by atoms with van der Waals surface area (Å²) in [5, 5.41) is 4.95. The van der Waals surface area contributed by atoms with E-state index < -0.39 is 28.0 Å². The zero-order chi connectivity index (χ0) is 25.9. The lowest BCUT2D eigenvalue weighted by atomic mass is 9.98. The van der Waals surface area contributed by atoms with Crippen LogP contribution in [-0.4, -0.2) is 68.4 Å². The summed E-state index contributed by atoms with van der Waals surface area (Å²) in [6, 6.07) is 3.25. The highest BCUT2D eigenvalue weighted by Crippen LogP contribution is 2.38. The van der Waals surface area contributed by atoms with Crippen LogP contribution >= 0.6 is 22.7 Å². The van der Waals surface area contributed by atoms with Crippen LogP contribution in [0.2, 0.25) is 0 Å². The van der Waals surface area contributed by atoms with Crippen molar-refractivity contribution in [3.05, 3.63) is 33.5 Å². The number of carbonyl (C=O) groups is 3. The zero-order valence-corrected chi connectivity index (χ0v) is 22.6. The lowest BCUT2D eigenvalue weighted by Crippen LogP contribution is -2.43. The van der Waals surface area contributed by atoms with Crippen molar-refractivity contribution in [2.75, 3.05) is 38.2 Å². The minimum atomic E-state index is -3.66. The van der Waals surface area contributed by atoms with Crippen LogP contribution in [0.3, 0.4) is 0 Å². The molecule has 0 spiro atoms. The Morgan fingerprint density at radius 2 is 1.94 bits per heavy atom. The Kier molecular flexibility index (Phi) is 8.33. The normalized spacial score (nSPS) is 18.4. The molecule has 1 N–H and O–H groups in total. The molecule has 10 nitrogen and oxygen atoms in total. The van der Waals surface area contributed by atoms with E-state index in [2.05, 4.69) is 5.32 Å². The van der Waals surface area contributed by atoms with E-state index >= 15 is 0 Å². The molecule has 0 radical (unpaired) electrons. The summed E-state index contributed by atoms with van der Waals surface area (Å²) in [6.07, 6.45) is 1.11. The van der Waals surface area contributed by atoms with Crippen LogP contribution in [0, 0.1) is 5.92 Å². The molecule has 0 aromatic carbocycles. The van der Waals surface area contributed by atoms with Gasteiger partial charge >= 0.3 is 12.1 Å². The van der Waals surface area contributed by atoms with Crippen LogP contribution in [0.5, 0.6) is 0 Å². The van der Waals surface area contributed by atoms with Crippen molar-refractivity contribution >= 4 is 55.7 Å². The van der Waals surface area contributed by atoms with E-state index in [0.29, 0.717) is 42.9 Å². The average molecular weight is 556 g/mol. The first-order chi connectivity index (χ1) is 17.3. The van der Waals surface area contributed by atoms with E-state index in [0.717, 1.165) is 21.8 Å². The molecule has 1 atom stereocenters. The van der Waals surface area contributed by atoms with Gasteiger partial charge in [-0.1, -0.05) is 6.07 Å². The van der Waals surface area contributed by atoms with Crippen LogP contribution in [0.25, 0.3) is 0 Å². The Hall–Kier alpha value is -2.48. The van der Waals surface area contributed by atoms with Crippen LogP contribution in [-0.2, 0) is 37.3 Å². The molecule has 2 amide bonds. The molecule has 2 aromatic rings. The fourth-order valence-electron chi connectivity index (χ4n) is 4.41. The van der Waals surface area contributed by atoms with Crippen molar-refractivity contribution in [3.63, 3.8) is 0 Å². The third kappa shape index (κ3) is 5.43. The van der Waals surface area contributed by atoms with Crippen LogP contribution < -0.4 is 5.32 Å². The van der Waals surface area contributed by atoms with Gasteiger partial charge in [-0.25, -0.2) is 18.0 Å². The number of rotatable bonds is 7. The molecule has 36 heavy (non-hydrogen) atoms. The summed E-state index contributed by atoms with van der Waals surface area (Å²) in [4.78, 5) is 40.7. The number of nitrogens with one attached hydrogen (secondary N) is 1. The van der Waals surface area contributed by atoms with Gasteiger partial charge in [0.25, 0.3) is 10.0 Å². The van der Waals surface area contributed by atoms with Crippen molar-refractivity contribution in [1.82, 2.24) is 9.21 Å². The van der Waals surface area contributed by atoms with Gasteiger partial charge in [0.05, 0.1) is 31.2 Å². The summed E-state index contributed by atoms with van der Waals surface area (Å²) < 4.78 is 37.9. The number of anilines is 1. The van der Waals surface area contributed by atoms with E-state index in [1.807, 2.05) is 0 Å². The van der Waals surface area contributed by atoms with E-state index in [1.165, 1.54) is 15.6 Å². The molecule has 196 valence electrons. The second kappa shape index (κ2) is 11.3. The Morgan fingerprint density at radius 3 is 2.64 bits per heavy atom. The Bertz CT molecular complexity index is 1220. The predicted octanol–water partition coefficient (Wildman–Crippen LogP) is 3.54. The third-order valence-corrected chi connectivity index (χ3v) is 10.5. The van der Waals surface area contributed by atoms with Crippen molar-refractivity contribution in [2.45, 2.75) is 43.9 Å². The predicted molar refractivity (Wildman–Crippen MR) is 136 cm³/mol. The Morgan fingerprint density at radius 1 is 1.17 bits per heavy atom. The average Bonchev–Trinajstić information content (AvgIpc) is 3.52. The number of thiophene rings is 2. The van der Waals surface area contributed by atoms with Gasteiger partial charge < -0.3 is 19.7 Å². The zero-order valence-electron chi connectivity index (χ0n) is 20.2. The first kappa shape index (κ1) is 26.6. The van der Waals surface area contributed by atoms with Crippen LogP contribution in [0.4, 0.5) is 9.80 Å². The molecule has 0 bridgehead atoms. The minimum absolute atomic E-state index is 0.0720. The maximum atomic E-state index is 13.3. The van der Waals surface area contributed by atoms with Gasteiger partial charge in [-0.15, -0.1) is 22.7 Å². The monoisotopic (exact) mass is 555 g/mol. The van der Waals surface area contributed by atoms with E-state index in [-0.39, 0.29) is 36.4 Å². The molecule has 1 unspecified atom stereocenters. The molecule has 4 heterocycles. The molecular weight excluding hydrogens is 526 g/mol. The van der Waals surface area contributed by atoms with E-state index in [4.69, 9.17) is 9.47 Å². The summed E-state index contributed by atoms with van der Waals surface area (Å²) in [5.74, 6) is -1.42. The molecule has 2 aromatic heterocycles. The number of piperidine rings is 1. The second-order valence-corrected chi connectivity index (χ2v) is 12.6. The maximum Gasteiger partial charge on any atom is 0.410 e. The topological polar surface area (TPSA) is 122 Å². The van der Waals surface area contributed by atoms with Crippen LogP contribution in [0.15, 0.2) is 21.7 Å². The summed E-state index contributed by atoms with van der Waals surface area (Å²) >= 11 is 2.39. The number of carbonyl (C=O) groups excluding carboxylic acids is 3. The third-order valence-electron chi connectivity index (χ3n) is 6.14. The number of hydrogen-bond donors (Lipinski definition) is 1. The fraction of sp³-hybridized carbons (Fsp3) is 0.522. The number of hydrogen-bond acceptors (Lipinski definition) is 9. The van der Waals surface area contributed by atoms with Crippen LogP contribution in [0.1, 0.15) is 47.5 Å². The molecule has 0 saturated carbocycles. The smallest absolute Gasteiger partial charge is 0.410 e. The highest BCUT2D eigenvalue weighted by atomic mass is 32.2. The first-order valence-electron chi connectivity index (χ1n) is 11.8. The van der Waals surface area contributed by atoms with E-state index in [9.17, 15) is 22.8 Å². The quantitative estimate of drug-likeness (QED) is 0.519. The highest BCUT2D eigenvalue weighted by molar-refractivity contribution is 7.91. The minimum Gasteiger partial charge on any atom is -0.462 e. The molecule has 0 aliphatic carbocycles. The van der Waals surface area contributed by atoms with Gasteiger partial charge in [-0.2, -0.15) is 4.31 Å². The van der Waals surface area contributed by atoms with Crippen molar-refractivity contribution in [3.8, 4) is 0 Å². The van der Waals surface area contributed by atoms with Crippen molar-refractivity contribution in [1.29, 1.82) is 0 Å². The van der Waals surface area contributed by atoms with Crippen molar-refractivity contribution < 1.29 is 32.3 Å². The van der Waals surface area contributed by atoms with Gasteiger partial charge in [0.1, 0.15) is 9.21 Å². The summed E-state index contributed by atoms with van der Waals surface area (Å²) in [7, 11) is -3.66. The SMILES string of the molecule is CCOC(=O)c1c(NC(=O)C2CCCN(S(=O)(=O)c3cccs3)C2)sc2c1CCN(C(=O)OCC)C2. The standard InChI is InChI=1S/C23H29N3O7S3/c1-3-32-22(28)19-16-9-11-25(23(29)33-4-2)14-17(16)35-21(19)24-20(27)15-7-5-10-26(13-15)36(30,31)18-8-6-12-34-18/h6,8,12,15H,3-5,7,9-11,13-14H2,1-2H3,(H,24,27). The number of esters is 1. The second-order valence-electron chi connectivity index (χ2n) is 8.42. The molecule has 1 saturated heterocycles. The Balaban J connectivity index is 1.54. The van der Waals surface area contributed by atoms with Crippen molar-refractivity contribution in [2.24, 2.45) is 5.92 Å². The van der Waals surface area contributed by atoms with E-state index in [1.54, 1.807) is 36.3 Å². The molecular formula is C23H29N3O7S3. The lowest BCUT2D eigenvalue weighted by Gasteiger charge is -2.30. The molecule has 2 aliphatic heterocycles. The van der Waals surface area contributed by atoms with Gasteiger partial charge in [0.2, 0.25) is 5.91 Å². The highest BCUT2D eigenvalue weighted by Gasteiger charge is 2.36. The largest absolute Gasteiger partial charge is 0.462 e. The summed E-state index contributed by atoms with van der Waals surface area (Å²) in [5.41, 5.74) is 1.08. The van der Waals surface area contributed by atoms with Gasteiger partial charge in [-0.05, 0) is 50.1 Å². The van der Waals surface area contributed by atoms with Gasteiger partial charge in [-0.3, -0.25) is 4.79 Å². The molecule has 1 fully saturated rings.